The summed E-state index contributed by atoms with van der Waals surface area (Å²) in [4.78, 5) is 25.4. The van der Waals surface area contributed by atoms with Crippen LogP contribution in [-0.4, -0.2) is 35.6 Å². The number of carbonyl (C=O) groups excluding carboxylic acids is 2. The Hall–Kier alpha value is -2.01. The molecule has 1 heterocycles. The van der Waals surface area contributed by atoms with E-state index in [-0.39, 0.29) is 17.7 Å². The minimum absolute atomic E-state index is 0.0719. The van der Waals surface area contributed by atoms with Gasteiger partial charge >= 0.3 is 0 Å². The summed E-state index contributed by atoms with van der Waals surface area (Å²) >= 11 is 1.65. The quantitative estimate of drug-likeness (QED) is 0.909. The highest BCUT2D eigenvalue weighted by atomic mass is 32.2. The average molecular weight is 342 g/mol. The topological polar surface area (TPSA) is 63.4 Å². The zero-order valence-corrected chi connectivity index (χ0v) is 14.4. The van der Waals surface area contributed by atoms with Gasteiger partial charge in [0, 0.05) is 24.8 Å². The van der Waals surface area contributed by atoms with Crippen LogP contribution in [-0.2, 0) is 15.3 Å². The molecule has 0 aromatic heterocycles. The fraction of sp³-hybridized carbons (Fsp3) is 0.368. The molecule has 0 saturated carbocycles. The number of rotatable bonds is 5. The molecular formula is C19H22N2O2S. The Morgan fingerprint density at radius 2 is 1.79 bits per heavy atom. The summed E-state index contributed by atoms with van der Waals surface area (Å²) < 4.78 is 0. The van der Waals surface area contributed by atoms with Crippen molar-refractivity contribution in [1.82, 2.24) is 4.90 Å². The molecular weight excluding hydrogens is 320 g/mol. The Bertz CT molecular complexity index is 734. The van der Waals surface area contributed by atoms with Crippen molar-refractivity contribution in [3.05, 3.63) is 48.0 Å². The first-order valence-corrected chi connectivity index (χ1v) is 9.42. The van der Waals surface area contributed by atoms with E-state index in [0.717, 1.165) is 5.75 Å². The lowest BCUT2D eigenvalue weighted by Crippen LogP contribution is -2.42. The maximum Gasteiger partial charge on any atom is 0.232 e. The number of thioether (sulfide) groups is 1. The van der Waals surface area contributed by atoms with Crippen LogP contribution in [0.3, 0.4) is 0 Å². The maximum atomic E-state index is 12.3. The van der Waals surface area contributed by atoms with E-state index in [2.05, 4.69) is 30.3 Å². The molecule has 0 radical (unpaired) electrons. The molecule has 2 N–H and O–H groups in total. The molecule has 0 aliphatic carbocycles. The highest BCUT2D eigenvalue weighted by Gasteiger charge is 2.25. The van der Waals surface area contributed by atoms with E-state index in [1.54, 1.807) is 11.8 Å². The summed E-state index contributed by atoms with van der Waals surface area (Å²) in [5.41, 5.74) is 6.59. The van der Waals surface area contributed by atoms with Gasteiger partial charge in [-0.3, -0.25) is 9.59 Å². The standard InChI is InChI=1S/C19H22N2O2S/c20-19(23)15-8-10-21(11-9-15)18(22)13-24-12-16-6-3-5-14-4-1-2-7-17(14)16/h1-7,15H,8-13H2,(H2,20,23). The fourth-order valence-corrected chi connectivity index (χ4v) is 4.10. The molecule has 0 bridgehead atoms. The second-order valence-electron chi connectivity index (χ2n) is 6.19. The zero-order chi connectivity index (χ0) is 16.9. The lowest BCUT2D eigenvalue weighted by Gasteiger charge is -2.30. The van der Waals surface area contributed by atoms with Crippen molar-refractivity contribution in [3.63, 3.8) is 0 Å². The Labute approximate surface area is 146 Å². The molecule has 1 aliphatic heterocycles. The first-order valence-electron chi connectivity index (χ1n) is 8.26. The number of benzene rings is 2. The number of hydrogen-bond donors (Lipinski definition) is 1. The van der Waals surface area contributed by atoms with Crippen molar-refractivity contribution in [2.75, 3.05) is 18.8 Å². The molecule has 24 heavy (non-hydrogen) atoms. The van der Waals surface area contributed by atoms with Crippen LogP contribution in [0, 0.1) is 5.92 Å². The van der Waals surface area contributed by atoms with Gasteiger partial charge in [0.2, 0.25) is 11.8 Å². The average Bonchev–Trinajstić information content (AvgIpc) is 2.62. The summed E-state index contributed by atoms with van der Waals surface area (Å²) in [6.45, 7) is 1.28. The minimum atomic E-state index is -0.243. The number of nitrogens with two attached hydrogens (primary N) is 1. The van der Waals surface area contributed by atoms with E-state index in [9.17, 15) is 9.59 Å². The molecule has 0 atom stereocenters. The number of hydrogen-bond acceptors (Lipinski definition) is 3. The van der Waals surface area contributed by atoms with Crippen LogP contribution in [0.5, 0.6) is 0 Å². The van der Waals surface area contributed by atoms with Crippen molar-refractivity contribution in [1.29, 1.82) is 0 Å². The zero-order valence-electron chi connectivity index (χ0n) is 13.6. The summed E-state index contributed by atoms with van der Waals surface area (Å²) in [5.74, 6) is 1.14. The number of carbonyl (C=O) groups is 2. The van der Waals surface area contributed by atoms with Gasteiger partial charge < -0.3 is 10.6 Å². The van der Waals surface area contributed by atoms with E-state index in [4.69, 9.17) is 5.73 Å². The van der Waals surface area contributed by atoms with Crippen LogP contribution < -0.4 is 5.73 Å². The van der Waals surface area contributed by atoms with E-state index in [1.807, 2.05) is 17.0 Å². The predicted molar refractivity (Wildman–Crippen MR) is 98.6 cm³/mol. The highest BCUT2D eigenvalue weighted by Crippen LogP contribution is 2.23. The van der Waals surface area contributed by atoms with Gasteiger partial charge in [0.25, 0.3) is 0 Å². The maximum absolute atomic E-state index is 12.3. The third-order valence-electron chi connectivity index (χ3n) is 4.61. The molecule has 0 spiro atoms. The Kier molecular flexibility index (Phi) is 5.41. The highest BCUT2D eigenvalue weighted by molar-refractivity contribution is 7.99. The molecule has 126 valence electrons. The molecule has 0 unspecified atom stereocenters. The van der Waals surface area contributed by atoms with Crippen molar-refractivity contribution >= 4 is 34.3 Å². The Morgan fingerprint density at radius 1 is 1.08 bits per heavy atom. The molecule has 1 saturated heterocycles. The lowest BCUT2D eigenvalue weighted by molar-refractivity contribution is -0.132. The molecule has 1 fully saturated rings. The first kappa shape index (κ1) is 16.8. The third kappa shape index (κ3) is 3.90. The number of primary amides is 1. The van der Waals surface area contributed by atoms with Crippen molar-refractivity contribution < 1.29 is 9.59 Å². The van der Waals surface area contributed by atoms with Crippen LogP contribution in [0.15, 0.2) is 42.5 Å². The lowest BCUT2D eigenvalue weighted by atomic mass is 9.96. The monoisotopic (exact) mass is 342 g/mol. The van der Waals surface area contributed by atoms with Gasteiger partial charge in [-0.05, 0) is 29.2 Å². The van der Waals surface area contributed by atoms with Crippen LogP contribution in [0.4, 0.5) is 0 Å². The molecule has 2 aromatic rings. The molecule has 1 aliphatic rings. The van der Waals surface area contributed by atoms with E-state index in [0.29, 0.717) is 31.7 Å². The molecule has 5 heteroatoms. The van der Waals surface area contributed by atoms with Gasteiger partial charge in [-0.1, -0.05) is 42.5 Å². The number of likely N-dealkylation sites (tertiary alicyclic amines) is 1. The van der Waals surface area contributed by atoms with Gasteiger partial charge in [-0.15, -0.1) is 11.8 Å². The van der Waals surface area contributed by atoms with Crippen LogP contribution in [0.1, 0.15) is 18.4 Å². The van der Waals surface area contributed by atoms with Crippen molar-refractivity contribution in [2.45, 2.75) is 18.6 Å². The van der Waals surface area contributed by atoms with Gasteiger partial charge in [-0.2, -0.15) is 0 Å². The summed E-state index contributed by atoms with van der Waals surface area (Å²) in [6, 6.07) is 14.6. The second kappa shape index (κ2) is 7.71. The van der Waals surface area contributed by atoms with Gasteiger partial charge in [0.15, 0.2) is 0 Å². The molecule has 2 amide bonds. The number of amides is 2. The van der Waals surface area contributed by atoms with E-state index < -0.39 is 0 Å². The first-order chi connectivity index (χ1) is 11.6. The third-order valence-corrected chi connectivity index (χ3v) is 5.58. The van der Waals surface area contributed by atoms with Gasteiger partial charge in [0.05, 0.1) is 5.75 Å². The van der Waals surface area contributed by atoms with E-state index >= 15 is 0 Å². The SMILES string of the molecule is NC(=O)C1CCN(C(=O)CSCc2cccc3ccccc23)CC1. The number of fused-ring (bicyclic) bond motifs is 1. The van der Waals surface area contributed by atoms with Gasteiger partial charge in [-0.25, -0.2) is 0 Å². The number of piperidine rings is 1. The predicted octanol–water partition coefficient (Wildman–Crippen LogP) is 2.80. The summed E-state index contributed by atoms with van der Waals surface area (Å²) in [5, 5.41) is 2.48. The minimum Gasteiger partial charge on any atom is -0.369 e. The van der Waals surface area contributed by atoms with E-state index in [1.165, 1.54) is 16.3 Å². The number of nitrogens with zero attached hydrogens (tertiary/aromatic N) is 1. The largest absolute Gasteiger partial charge is 0.369 e. The normalized spacial score (nSPS) is 15.6. The molecule has 3 rings (SSSR count). The summed E-state index contributed by atoms with van der Waals surface area (Å²) in [6.07, 6.45) is 1.38. The summed E-state index contributed by atoms with van der Waals surface area (Å²) in [7, 11) is 0. The van der Waals surface area contributed by atoms with Crippen molar-refractivity contribution in [3.8, 4) is 0 Å². The van der Waals surface area contributed by atoms with Gasteiger partial charge in [0.1, 0.15) is 0 Å². The smallest absolute Gasteiger partial charge is 0.232 e. The van der Waals surface area contributed by atoms with Crippen LogP contribution in [0.2, 0.25) is 0 Å². The Morgan fingerprint density at radius 3 is 2.54 bits per heavy atom. The fourth-order valence-electron chi connectivity index (χ4n) is 3.17. The van der Waals surface area contributed by atoms with Crippen molar-refractivity contribution in [2.24, 2.45) is 11.7 Å². The van der Waals surface area contributed by atoms with Crippen LogP contribution in [0.25, 0.3) is 10.8 Å². The molecule has 4 nitrogen and oxygen atoms in total. The van der Waals surface area contributed by atoms with Crippen LogP contribution >= 0.6 is 11.8 Å². The Balaban J connectivity index is 1.51. The molecule has 2 aromatic carbocycles. The second-order valence-corrected chi connectivity index (χ2v) is 7.17.